The molecule has 0 aliphatic heterocycles. The van der Waals surface area contributed by atoms with Crippen LogP contribution in [0.3, 0.4) is 0 Å². The lowest BCUT2D eigenvalue weighted by Crippen LogP contribution is -1.90. The van der Waals surface area contributed by atoms with Crippen molar-refractivity contribution in [3.8, 4) is 55.6 Å². The third-order valence-corrected chi connectivity index (χ3v) is 16.4. The van der Waals surface area contributed by atoms with E-state index in [1.165, 1.54) is 142 Å². The molecule has 1 nitrogen and oxygen atoms in total. The van der Waals surface area contributed by atoms with E-state index < -0.39 is 0 Å². The van der Waals surface area contributed by atoms with Crippen LogP contribution in [0.4, 0.5) is 0 Å². The first kappa shape index (κ1) is 43.3. The van der Waals surface area contributed by atoms with Gasteiger partial charge in [0, 0.05) is 10.8 Å². The summed E-state index contributed by atoms with van der Waals surface area (Å²) in [7, 11) is 0. The van der Waals surface area contributed by atoms with Crippen LogP contribution in [0.5, 0.6) is 0 Å². The molecule has 0 radical (unpaired) electrons. The third kappa shape index (κ3) is 6.88. The molecule has 0 spiro atoms. The summed E-state index contributed by atoms with van der Waals surface area (Å²) in [6, 6.07) is 102. The minimum atomic E-state index is 0.911. The predicted molar refractivity (Wildman–Crippen MR) is 330 cm³/mol. The molecule has 16 aromatic carbocycles. The molecule has 0 saturated heterocycles. The monoisotopic (exact) mass is 974 g/mol. The summed E-state index contributed by atoms with van der Waals surface area (Å²) >= 11 is 0. The Morgan fingerprint density at radius 1 is 0.182 bits per heavy atom. The lowest BCUT2D eigenvalue weighted by atomic mass is 9.86. The molecule has 0 saturated carbocycles. The second-order valence-electron chi connectivity index (χ2n) is 20.6. The van der Waals surface area contributed by atoms with Crippen molar-refractivity contribution in [3.63, 3.8) is 0 Å². The van der Waals surface area contributed by atoms with E-state index in [-0.39, 0.29) is 0 Å². The van der Waals surface area contributed by atoms with E-state index in [9.17, 15) is 0 Å². The molecule has 1 heteroatoms. The van der Waals surface area contributed by atoms with Crippen molar-refractivity contribution in [2.75, 3.05) is 0 Å². The molecule has 0 fully saturated rings. The number of hydrogen-bond donors (Lipinski definition) is 0. The Bertz CT molecular complexity index is 4870. The Kier molecular flexibility index (Phi) is 9.71. The summed E-state index contributed by atoms with van der Waals surface area (Å²) in [4.78, 5) is 0. The van der Waals surface area contributed by atoms with E-state index >= 15 is 0 Å². The minimum absolute atomic E-state index is 0.911. The Morgan fingerprint density at radius 3 is 1.00 bits per heavy atom. The highest BCUT2D eigenvalue weighted by molar-refractivity contribution is 6.27. The van der Waals surface area contributed by atoms with Gasteiger partial charge >= 0.3 is 0 Å². The van der Waals surface area contributed by atoms with Crippen LogP contribution in [-0.2, 0) is 0 Å². The van der Waals surface area contributed by atoms with Crippen molar-refractivity contribution in [1.29, 1.82) is 0 Å². The zero-order valence-corrected chi connectivity index (χ0v) is 42.0. The van der Waals surface area contributed by atoms with Crippen LogP contribution in [-0.4, -0.2) is 0 Å². The molecule has 77 heavy (non-hydrogen) atoms. The number of furan rings is 1. The topological polar surface area (TPSA) is 13.1 Å². The maximum atomic E-state index is 6.29. The molecular weight excluding hydrogens is 929 g/mol. The van der Waals surface area contributed by atoms with Crippen molar-refractivity contribution < 1.29 is 4.42 Å². The molecule has 17 rings (SSSR count). The van der Waals surface area contributed by atoms with Gasteiger partial charge in [-0.1, -0.05) is 255 Å². The molecule has 1 aromatic heterocycles. The fourth-order valence-electron chi connectivity index (χ4n) is 12.9. The molecule has 0 aliphatic rings. The van der Waals surface area contributed by atoms with Crippen molar-refractivity contribution >= 4 is 108 Å². The average Bonchev–Trinajstić information content (AvgIpc) is 3.97. The van der Waals surface area contributed by atoms with Gasteiger partial charge in [-0.05, 0) is 166 Å². The van der Waals surface area contributed by atoms with Gasteiger partial charge in [-0.2, -0.15) is 0 Å². The summed E-state index contributed by atoms with van der Waals surface area (Å²) in [6.45, 7) is 0. The number of rotatable bonds is 5. The van der Waals surface area contributed by atoms with Gasteiger partial charge in [-0.25, -0.2) is 0 Å². The van der Waals surface area contributed by atoms with E-state index in [4.69, 9.17) is 4.42 Å². The van der Waals surface area contributed by atoms with Crippen molar-refractivity contribution in [3.05, 3.63) is 279 Å². The van der Waals surface area contributed by atoms with Crippen LogP contribution in [0, 0.1) is 0 Å². The van der Waals surface area contributed by atoms with Crippen LogP contribution in [0.1, 0.15) is 0 Å². The van der Waals surface area contributed by atoms with Gasteiger partial charge in [0.05, 0.1) is 0 Å². The van der Waals surface area contributed by atoms with Gasteiger partial charge in [-0.15, -0.1) is 0 Å². The Balaban J connectivity index is 0.000000129. The smallest absolute Gasteiger partial charge is 0.135 e. The maximum absolute atomic E-state index is 6.29. The number of hydrogen-bond acceptors (Lipinski definition) is 1. The lowest BCUT2D eigenvalue weighted by Gasteiger charge is -2.17. The molecule has 1 heterocycles. The summed E-state index contributed by atoms with van der Waals surface area (Å²) in [5.74, 6) is 0. The molecule has 0 unspecified atom stereocenters. The van der Waals surface area contributed by atoms with Crippen molar-refractivity contribution in [2.45, 2.75) is 0 Å². The number of fused-ring (bicyclic) bond motifs is 5. The Morgan fingerprint density at radius 2 is 0.532 bits per heavy atom. The van der Waals surface area contributed by atoms with Gasteiger partial charge in [0.1, 0.15) is 11.2 Å². The molecule has 0 atom stereocenters. The largest absolute Gasteiger partial charge is 0.456 e. The summed E-state index contributed by atoms with van der Waals surface area (Å²) < 4.78 is 6.29. The standard InChI is InChI=1S/C38H24O.C38H22/c1-3-11-25(12-4-1)27-19-21-35-33(23-27)34-24-28(20-22-36(34)39-35)38-31-17-9-7-15-29(31)37(26-13-5-2-6-14-26)30-16-8-10-18-32(30)38;1-3-25-11-13-29-15-19-31(33-21-17-27(5-1)35(25)37(29)33)23-7-9-24(10-8-23)32-20-16-30-14-12-26-4-2-6-28-18-22-34(32)38(30)36(26)28/h1-24H;1-22H. The SMILES string of the molecule is c1cc2ccc3ccc(-c4ccc(-c5ccc6ccc7cccc8ccc5c6c78)cc4)c4ccc(c1)c2c34.c1ccc(-c2ccc3oc4ccc(-c5c6ccccc6c(-c6ccccc6)c6ccccc56)cc4c3c2)cc1. The molecule has 0 amide bonds. The van der Waals surface area contributed by atoms with Crippen molar-refractivity contribution in [1.82, 2.24) is 0 Å². The Labute approximate surface area is 444 Å². The van der Waals surface area contributed by atoms with Crippen LogP contribution >= 0.6 is 0 Å². The van der Waals surface area contributed by atoms with Gasteiger partial charge < -0.3 is 4.42 Å². The molecule has 17 aromatic rings. The first-order chi connectivity index (χ1) is 38.2. The second-order valence-corrected chi connectivity index (χ2v) is 20.6. The quantitative estimate of drug-likeness (QED) is 0.124. The van der Waals surface area contributed by atoms with E-state index in [2.05, 4.69) is 279 Å². The number of benzene rings is 16. The first-order valence-corrected chi connectivity index (χ1v) is 26.6. The normalized spacial score (nSPS) is 11.9. The van der Waals surface area contributed by atoms with Crippen molar-refractivity contribution in [2.24, 2.45) is 0 Å². The molecule has 356 valence electrons. The van der Waals surface area contributed by atoms with Gasteiger partial charge in [0.25, 0.3) is 0 Å². The maximum Gasteiger partial charge on any atom is 0.135 e. The fourth-order valence-corrected chi connectivity index (χ4v) is 12.9. The molecular formula is C76H46O. The highest BCUT2D eigenvalue weighted by Gasteiger charge is 2.19. The van der Waals surface area contributed by atoms with E-state index in [1.807, 2.05) is 0 Å². The average molecular weight is 975 g/mol. The van der Waals surface area contributed by atoms with Crippen LogP contribution in [0.15, 0.2) is 283 Å². The van der Waals surface area contributed by atoms with Gasteiger partial charge in [0.15, 0.2) is 0 Å². The summed E-state index contributed by atoms with van der Waals surface area (Å²) in [6.07, 6.45) is 0. The zero-order chi connectivity index (χ0) is 50.6. The highest BCUT2D eigenvalue weighted by Crippen LogP contribution is 2.46. The van der Waals surface area contributed by atoms with Crippen LogP contribution in [0.25, 0.3) is 164 Å². The first-order valence-electron chi connectivity index (χ1n) is 26.6. The molecule has 0 N–H and O–H groups in total. The molecule has 0 aliphatic carbocycles. The van der Waals surface area contributed by atoms with E-state index in [0.29, 0.717) is 0 Å². The third-order valence-electron chi connectivity index (χ3n) is 16.4. The highest BCUT2D eigenvalue weighted by atomic mass is 16.3. The second kappa shape index (κ2) is 17.2. The minimum Gasteiger partial charge on any atom is -0.456 e. The Hall–Kier alpha value is -10.1. The fraction of sp³-hybridized carbons (Fsp3) is 0. The van der Waals surface area contributed by atoms with Gasteiger partial charge in [0.2, 0.25) is 0 Å². The van der Waals surface area contributed by atoms with Crippen LogP contribution < -0.4 is 0 Å². The van der Waals surface area contributed by atoms with Gasteiger partial charge in [-0.3, -0.25) is 0 Å². The van der Waals surface area contributed by atoms with E-state index in [0.717, 1.165) is 21.9 Å². The van der Waals surface area contributed by atoms with E-state index in [1.54, 1.807) is 0 Å². The summed E-state index contributed by atoms with van der Waals surface area (Å²) in [5, 5.41) is 23.3. The zero-order valence-electron chi connectivity index (χ0n) is 42.0. The predicted octanol–water partition coefficient (Wildman–Crippen LogP) is 21.7. The van der Waals surface area contributed by atoms with Crippen LogP contribution in [0.2, 0.25) is 0 Å². The molecule has 0 bridgehead atoms. The summed E-state index contributed by atoms with van der Waals surface area (Å²) in [5.41, 5.74) is 14.3. The lowest BCUT2D eigenvalue weighted by molar-refractivity contribution is 0.669.